The van der Waals surface area contributed by atoms with Gasteiger partial charge in [-0.05, 0) is 57.4 Å². The molecule has 1 amide bonds. The molecule has 0 bridgehead atoms. The summed E-state index contributed by atoms with van der Waals surface area (Å²) in [5, 5.41) is 0. The minimum Gasteiger partial charge on any atom is -0.327 e. The second-order valence-corrected chi connectivity index (χ2v) is 10.9. The minimum absolute atomic E-state index is 0.00608. The number of carbonyl (C=O) groups is 1. The summed E-state index contributed by atoms with van der Waals surface area (Å²) in [6, 6.07) is 22.7. The van der Waals surface area contributed by atoms with Crippen LogP contribution in [0, 0.1) is 0 Å². The van der Waals surface area contributed by atoms with Crippen molar-refractivity contribution >= 4 is 43.5 Å². The first-order valence-electron chi connectivity index (χ1n) is 11.1. The maximum Gasteiger partial charge on any atom is 0.279 e. The zero-order chi connectivity index (χ0) is 25.1. The van der Waals surface area contributed by atoms with E-state index >= 15 is 0 Å². The molecule has 3 aromatic rings. The zero-order valence-electron chi connectivity index (χ0n) is 19.0. The van der Waals surface area contributed by atoms with E-state index in [1.165, 1.54) is 18.2 Å². The van der Waals surface area contributed by atoms with E-state index in [0.29, 0.717) is 12.4 Å². The number of amidine groups is 2. The molecule has 5 rings (SSSR count). The van der Waals surface area contributed by atoms with Gasteiger partial charge in [0, 0.05) is 34.9 Å². The smallest absolute Gasteiger partial charge is 0.279 e. The van der Waals surface area contributed by atoms with Crippen LogP contribution < -0.4 is 4.72 Å². The van der Waals surface area contributed by atoms with Crippen LogP contribution in [0.1, 0.15) is 27.0 Å². The summed E-state index contributed by atoms with van der Waals surface area (Å²) in [6.45, 7) is 0.717. The molecule has 0 aliphatic carbocycles. The molecule has 0 fully saturated rings. The molecule has 36 heavy (non-hydrogen) atoms. The minimum atomic E-state index is -3.83. The van der Waals surface area contributed by atoms with Crippen molar-refractivity contribution in [2.75, 3.05) is 0 Å². The highest BCUT2D eigenvalue weighted by Gasteiger charge is 2.22. The first-order valence-corrected chi connectivity index (χ1v) is 13.4. The van der Waals surface area contributed by atoms with E-state index in [0.717, 1.165) is 21.2 Å². The van der Waals surface area contributed by atoms with Gasteiger partial charge in [-0.1, -0.05) is 60.7 Å². The van der Waals surface area contributed by atoms with Crippen LogP contribution in [0.4, 0.5) is 0 Å². The standard InChI is InChI=1S/C27H21BrN4O3S/c28-22-13-14-25-30-26(24-12-5-4-9-21(24)17-32(25)18-22)31-27(33)20-10-6-11-23(15-20)36(34,35)29-16-19-7-2-1-3-8-19/h1-15,18,29H,16-17H2. The highest BCUT2D eigenvalue weighted by molar-refractivity contribution is 9.11. The zero-order valence-corrected chi connectivity index (χ0v) is 21.4. The number of rotatable bonds is 5. The largest absolute Gasteiger partial charge is 0.327 e. The van der Waals surface area contributed by atoms with Crippen LogP contribution in [0.5, 0.6) is 0 Å². The van der Waals surface area contributed by atoms with Gasteiger partial charge in [0.15, 0.2) is 5.84 Å². The second kappa shape index (κ2) is 10.1. The number of halogens is 1. The van der Waals surface area contributed by atoms with Crippen LogP contribution in [-0.2, 0) is 23.1 Å². The Morgan fingerprint density at radius 1 is 1.00 bits per heavy atom. The fourth-order valence-electron chi connectivity index (χ4n) is 3.86. The number of nitrogens with zero attached hydrogens (tertiary/aromatic N) is 3. The lowest BCUT2D eigenvalue weighted by atomic mass is 10.1. The molecule has 3 aromatic carbocycles. The van der Waals surface area contributed by atoms with Gasteiger partial charge in [-0.15, -0.1) is 0 Å². The third-order valence-electron chi connectivity index (χ3n) is 5.69. The Morgan fingerprint density at radius 2 is 1.78 bits per heavy atom. The van der Waals surface area contributed by atoms with Crippen molar-refractivity contribution in [2.24, 2.45) is 9.98 Å². The van der Waals surface area contributed by atoms with Gasteiger partial charge in [0.1, 0.15) is 5.84 Å². The molecule has 1 N–H and O–H groups in total. The normalized spacial score (nSPS) is 16.0. The first-order chi connectivity index (χ1) is 17.4. The van der Waals surface area contributed by atoms with E-state index in [1.54, 1.807) is 6.07 Å². The number of sulfonamides is 1. The molecule has 0 spiro atoms. The summed E-state index contributed by atoms with van der Waals surface area (Å²) < 4.78 is 29.2. The van der Waals surface area contributed by atoms with E-state index in [2.05, 4.69) is 30.6 Å². The van der Waals surface area contributed by atoms with Crippen molar-refractivity contribution in [3.63, 3.8) is 0 Å². The fraction of sp³-hybridized carbons (Fsp3) is 0.0741. The summed E-state index contributed by atoms with van der Waals surface area (Å²) in [5.41, 5.74) is 2.71. The average molecular weight is 561 g/mol. The summed E-state index contributed by atoms with van der Waals surface area (Å²) in [5.74, 6) is 0.358. The van der Waals surface area contributed by atoms with Gasteiger partial charge in [0.25, 0.3) is 5.91 Å². The molecular weight excluding hydrogens is 540 g/mol. The van der Waals surface area contributed by atoms with Gasteiger partial charge in [-0.2, -0.15) is 4.99 Å². The SMILES string of the molecule is O=C(N=C1N=C2C=CC(Br)=CN2Cc2ccccc21)c1cccc(S(=O)(=O)NCc2ccccc2)c1. The number of hydrogen-bond donors (Lipinski definition) is 1. The summed E-state index contributed by atoms with van der Waals surface area (Å²) in [6.07, 6.45) is 5.65. The molecule has 2 heterocycles. The molecule has 0 saturated heterocycles. The van der Waals surface area contributed by atoms with Crippen molar-refractivity contribution in [3.05, 3.63) is 124 Å². The second-order valence-electron chi connectivity index (χ2n) is 8.18. The molecule has 0 aromatic heterocycles. The summed E-state index contributed by atoms with van der Waals surface area (Å²) >= 11 is 3.49. The van der Waals surface area contributed by atoms with Gasteiger partial charge in [-0.25, -0.2) is 18.1 Å². The number of allylic oxidation sites excluding steroid dienone is 2. The van der Waals surface area contributed by atoms with Crippen LogP contribution in [-0.4, -0.2) is 30.9 Å². The van der Waals surface area contributed by atoms with Crippen LogP contribution in [0.15, 0.2) is 117 Å². The Kier molecular flexibility index (Phi) is 6.77. The van der Waals surface area contributed by atoms with Crippen LogP contribution in [0.2, 0.25) is 0 Å². The molecule has 180 valence electrons. The van der Waals surface area contributed by atoms with Gasteiger partial charge < -0.3 is 4.90 Å². The topological polar surface area (TPSA) is 91.2 Å². The quantitative estimate of drug-likeness (QED) is 0.486. The molecule has 2 aliphatic rings. The summed E-state index contributed by atoms with van der Waals surface area (Å²) in [7, 11) is -3.83. The van der Waals surface area contributed by atoms with Gasteiger partial charge >= 0.3 is 0 Å². The van der Waals surface area contributed by atoms with Crippen LogP contribution >= 0.6 is 15.9 Å². The fourth-order valence-corrected chi connectivity index (χ4v) is 5.31. The van der Waals surface area contributed by atoms with E-state index in [1.807, 2.05) is 77.8 Å². The molecule has 0 atom stereocenters. The lowest BCUT2D eigenvalue weighted by Crippen LogP contribution is -2.25. The van der Waals surface area contributed by atoms with Crippen molar-refractivity contribution in [2.45, 2.75) is 18.0 Å². The molecule has 0 saturated carbocycles. The predicted molar refractivity (Wildman–Crippen MR) is 143 cm³/mol. The Morgan fingerprint density at radius 3 is 2.61 bits per heavy atom. The van der Waals surface area contributed by atoms with Gasteiger partial charge in [0.2, 0.25) is 10.0 Å². The van der Waals surface area contributed by atoms with Gasteiger partial charge in [-0.3, -0.25) is 4.79 Å². The highest BCUT2D eigenvalue weighted by Crippen LogP contribution is 2.24. The number of aliphatic imine (C=N–C) groups is 2. The number of nitrogens with one attached hydrogen (secondary N) is 1. The van der Waals surface area contributed by atoms with Crippen LogP contribution in [0.25, 0.3) is 0 Å². The maximum absolute atomic E-state index is 13.2. The Balaban J connectivity index is 1.45. The average Bonchev–Trinajstić information content (AvgIpc) is 3.04. The number of amides is 1. The molecule has 0 unspecified atom stereocenters. The highest BCUT2D eigenvalue weighted by atomic mass is 79.9. The Hall–Kier alpha value is -3.66. The Bertz CT molecular complexity index is 1560. The van der Waals surface area contributed by atoms with E-state index in [-0.39, 0.29) is 22.8 Å². The van der Waals surface area contributed by atoms with Crippen molar-refractivity contribution in [1.82, 2.24) is 9.62 Å². The first kappa shape index (κ1) is 24.1. The Labute approximate surface area is 217 Å². The lowest BCUT2D eigenvalue weighted by Gasteiger charge is -2.21. The molecular formula is C27H21BrN4O3S. The van der Waals surface area contributed by atoms with E-state index in [4.69, 9.17) is 0 Å². The van der Waals surface area contributed by atoms with Crippen molar-refractivity contribution in [3.8, 4) is 0 Å². The van der Waals surface area contributed by atoms with E-state index in [9.17, 15) is 13.2 Å². The molecule has 2 aliphatic heterocycles. The van der Waals surface area contributed by atoms with Gasteiger partial charge in [0.05, 0.1) is 4.90 Å². The molecule has 9 heteroatoms. The monoisotopic (exact) mass is 560 g/mol. The number of carbonyl (C=O) groups excluding carboxylic acids is 1. The van der Waals surface area contributed by atoms with Crippen molar-refractivity contribution in [1.29, 1.82) is 0 Å². The number of benzene rings is 3. The predicted octanol–water partition coefficient (Wildman–Crippen LogP) is 4.77. The number of fused-ring (bicyclic) bond motifs is 2. The van der Waals surface area contributed by atoms with E-state index < -0.39 is 15.9 Å². The third kappa shape index (κ3) is 5.28. The lowest BCUT2D eigenvalue weighted by molar-refractivity contribution is 0.100. The number of hydrogen-bond acceptors (Lipinski definition) is 4. The summed E-state index contributed by atoms with van der Waals surface area (Å²) in [4.78, 5) is 24.1. The third-order valence-corrected chi connectivity index (χ3v) is 7.56. The molecule has 7 nitrogen and oxygen atoms in total. The molecule has 0 radical (unpaired) electrons. The van der Waals surface area contributed by atoms with Crippen LogP contribution in [0.3, 0.4) is 0 Å². The van der Waals surface area contributed by atoms with Crippen molar-refractivity contribution < 1.29 is 13.2 Å². The maximum atomic E-state index is 13.2.